The van der Waals surface area contributed by atoms with Gasteiger partial charge in [-0.3, -0.25) is 4.79 Å². The fourth-order valence-electron chi connectivity index (χ4n) is 4.25. The Morgan fingerprint density at radius 2 is 2.04 bits per heavy atom. The Labute approximate surface area is 163 Å². The molecule has 1 saturated carbocycles. The second-order valence-electron chi connectivity index (χ2n) is 7.97. The molecule has 1 aromatic carbocycles. The van der Waals surface area contributed by atoms with E-state index in [2.05, 4.69) is 10.6 Å². The molecule has 1 spiro atoms. The van der Waals surface area contributed by atoms with Crippen LogP contribution in [-0.2, 0) is 9.53 Å². The number of ether oxygens (including phenoxy) is 2. The monoisotopic (exact) mass is 391 g/mol. The third-order valence-corrected chi connectivity index (χ3v) is 6.07. The zero-order chi connectivity index (χ0) is 19.7. The molecular weight excluding hydrogens is 365 g/mol. The molecule has 152 valence electrons. The number of likely N-dealkylation sites (tertiary alicyclic amines) is 1. The molecule has 3 fully saturated rings. The van der Waals surface area contributed by atoms with Crippen LogP contribution < -0.4 is 15.4 Å². The van der Waals surface area contributed by atoms with Gasteiger partial charge >= 0.3 is 6.03 Å². The number of urea groups is 1. The summed E-state index contributed by atoms with van der Waals surface area (Å²) in [4.78, 5) is 27.3. The van der Waals surface area contributed by atoms with E-state index in [4.69, 9.17) is 9.47 Å². The number of carbonyl (C=O) groups is 2. The van der Waals surface area contributed by atoms with Crippen LogP contribution >= 0.6 is 0 Å². The van der Waals surface area contributed by atoms with Crippen molar-refractivity contribution in [2.24, 2.45) is 11.3 Å². The first-order valence-corrected chi connectivity index (χ1v) is 9.78. The van der Waals surface area contributed by atoms with Gasteiger partial charge in [0.25, 0.3) is 0 Å². The summed E-state index contributed by atoms with van der Waals surface area (Å²) >= 11 is 0. The third kappa shape index (κ3) is 3.78. The van der Waals surface area contributed by atoms with Gasteiger partial charge in [-0.05, 0) is 37.8 Å². The minimum atomic E-state index is -0.538. The highest BCUT2D eigenvalue weighted by atomic mass is 19.1. The first-order valence-electron chi connectivity index (χ1n) is 9.78. The van der Waals surface area contributed by atoms with Crippen molar-refractivity contribution in [1.29, 1.82) is 0 Å². The van der Waals surface area contributed by atoms with Crippen molar-refractivity contribution in [2.45, 2.75) is 31.7 Å². The highest BCUT2D eigenvalue weighted by Crippen LogP contribution is 2.45. The van der Waals surface area contributed by atoms with E-state index in [1.807, 2.05) is 0 Å². The van der Waals surface area contributed by atoms with Crippen LogP contribution in [0.3, 0.4) is 0 Å². The second kappa shape index (κ2) is 7.58. The van der Waals surface area contributed by atoms with Gasteiger partial charge in [0, 0.05) is 49.5 Å². The van der Waals surface area contributed by atoms with Crippen LogP contribution in [0.4, 0.5) is 14.9 Å². The third-order valence-electron chi connectivity index (χ3n) is 6.07. The maximum atomic E-state index is 13.9. The Bertz CT molecular complexity index is 762. The number of nitrogens with one attached hydrogen (secondary N) is 2. The minimum absolute atomic E-state index is 0.0372. The lowest BCUT2D eigenvalue weighted by molar-refractivity contribution is -0.130. The number of amides is 3. The van der Waals surface area contributed by atoms with Crippen molar-refractivity contribution in [3.8, 4) is 5.75 Å². The predicted octanol–water partition coefficient (Wildman–Crippen LogP) is 2.37. The van der Waals surface area contributed by atoms with Gasteiger partial charge in [-0.1, -0.05) is 0 Å². The number of anilines is 1. The first-order chi connectivity index (χ1) is 13.5. The van der Waals surface area contributed by atoms with E-state index in [9.17, 15) is 14.0 Å². The molecule has 2 heterocycles. The topological polar surface area (TPSA) is 79.9 Å². The van der Waals surface area contributed by atoms with Crippen LogP contribution in [0, 0.1) is 17.2 Å². The molecule has 1 aromatic rings. The summed E-state index contributed by atoms with van der Waals surface area (Å²) in [5.41, 5.74) is 0.106. The first kappa shape index (κ1) is 19.0. The number of halogens is 1. The van der Waals surface area contributed by atoms with Crippen molar-refractivity contribution < 1.29 is 23.5 Å². The number of methoxy groups -OCH3 is 1. The van der Waals surface area contributed by atoms with E-state index in [0.717, 1.165) is 25.7 Å². The normalized spacial score (nSPS) is 23.5. The minimum Gasteiger partial charge on any atom is -0.494 e. The lowest BCUT2D eigenvalue weighted by atomic mass is 9.71. The van der Waals surface area contributed by atoms with Crippen molar-refractivity contribution in [1.82, 2.24) is 10.2 Å². The van der Waals surface area contributed by atoms with E-state index >= 15 is 0 Å². The molecule has 1 atom stereocenters. The molecule has 0 bridgehead atoms. The summed E-state index contributed by atoms with van der Waals surface area (Å²) in [5, 5.41) is 5.83. The van der Waals surface area contributed by atoms with Gasteiger partial charge in [0.1, 0.15) is 0 Å². The average Bonchev–Trinajstić information content (AvgIpc) is 3.42. The Morgan fingerprint density at radius 1 is 1.29 bits per heavy atom. The van der Waals surface area contributed by atoms with Crippen LogP contribution in [0.25, 0.3) is 0 Å². The van der Waals surface area contributed by atoms with Gasteiger partial charge in [-0.25, -0.2) is 9.18 Å². The van der Waals surface area contributed by atoms with Crippen LogP contribution in [0.5, 0.6) is 5.75 Å². The number of hydrogen-bond donors (Lipinski definition) is 2. The average molecular weight is 391 g/mol. The smallest absolute Gasteiger partial charge is 0.321 e. The molecule has 0 aromatic heterocycles. The molecule has 7 nitrogen and oxygen atoms in total. The van der Waals surface area contributed by atoms with Crippen molar-refractivity contribution in [2.75, 3.05) is 38.7 Å². The lowest BCUT2D eigenvalue weighted by Gasteiger charge is -2.37. The molecule has 4 rings (SSSR count). The Morgan fingerprint density at radius 3 is 2.68 bits per heavy atom. The molecule has 28 heavy (non-hydrogen) atoms. The van der Waals surface area contributed by atoms with E-state index in [-0.39, 0.29) is 35.1 Å². The molecule has 2 saturated heterocycles. The van der Waals surface area contributed by atoms with Gasteiger partial charge in [-0.2, -0.15) is 0 Å². The van der Waals surface area contributed by atoms with Crippen LogP contribution in [0.2, 0.25) is 0 Å². The molecule has 2 N–H and O–H groups in total. The number of carbonyl (C=O) groups excluding carboxylic acids is 2. The highest BCUT2D eigenvalue weighted by Gasteiger charge is 2.52. The zero-order valence-electron chi connectivity index (χ0n) is 16.0. The molecule has 3 amide bonds. The Kier molecular flexibility index (Phi) is 5.14. The molecule has 0 radical (unpaired) electrons. The van der Waals surface area contributed by atoms with E-state index in [1.165, 1.54) is 19.2 Å². The van der Waals surface area contributed by atoms with Crippen molar-refractivity contribution in [3.63, 3.8) is 0 Å². The van der Waals surface area contributed by atoms with E-state index in [0.29, 0.717) is 32.0 Å². The summed E-state index contributed by atoms with van der Waals surface area (Å²) in [6.07, 6.45) is 3.58. The van der Waals surface area contributed by atoms with Gasteiger partial charge in [0.05, 0.1) is 13.0 Å². The van der Waals surface area contributed by atoms with Gasteiger partial charge in [-0.15, -0.1) is 0 Å². The Hall–Kier alpha value is -2.35. The van der Waals surface area contributed by atoms with E-state index < -0.39 is 5.82 Å². The highest BCUT2D eigenvalue weighted by molar-refractivity contribution is 5.91. The molecule has 3 aliphatic rings. The standard InChI is InChI=1S/C20H26FN3O4/c1-27-17-5-4-14(10-16(17)21)23-19(26)24-11-15(18(25)22-13-2-3-13)20(12-24)6-8-28-9-7-20/h4-5,10,13,15H,2-3,6-9,11-12H2,1H3,(H,22,25)(H,23,26). The van der Waals surface area contributed by atoms with Gasteiger partial charge in [0.15, 0.2) is 11.6 Å². The molecule has 8 heteroatoms. The summed E-state index contributed by atoms with van der Waals surface area (Å²) in [6.45, 7) is 2.07. The summed E-state index contributed by atoms with van der Waals surface area (Å²) in [5.74, 6) is -0.619. The summed E-state index contributed by atoms with van der Waals surface area (Å²) < 4.78 is 24.3. The predicted molar refractivity (Wildman–Crippen MR) is 101 cm³/mol. The lowest BCUT2D eigenvalue weighted by Crippen LogP contribution is -2.45. The molecule has 1 unspecified atom stereocenters. The molecular formula is C20H26FN3O4. The van der Waals surface area contributed by atoms with Crippen molar-refractivity contribution >= 4 is 17.6 Å². The zero-order valence-corrected chi connectivity index (χ0v) is 16.0. The van der Waals surface area contributed by atoms with Crippen LogP contribution in [-0.4, -0.2) is 56.3 Å². The Balaban J connectivity index is 1.47. The number of hydrogen-bond acceptors (Lipinski definition) is 4. The summed E-state index contributed by atoms with van der Waals surface area (Å²) in [7, 11) is 1.39. The molecule has 2 aliphatic heterocycles. The fraction of sp³-hybridized carbons (Fsp3) is 0.600. The van der Waals surface area contributed by atoms with Gasteiger partial charge < -0.3 is 25.0 Å². The number of benzene rings is 1. The molecule has 1 aliphatic carbocycles. The van der Waals surface area contributed by atoms with Crippen LogP contribution in [0.15, 0.2) is 18.2 Å². The second-order valence-corrected chi connectivity index (χ2v) is 7.97. The maximum absolute atomic E-state index is 13.9. The number of rotatable bonds is 4. The maximum Gasteiger partial charge on any atom is 0.321 e. The van der Waals surface area contributed by atoms with Crippen molar-refractivity contribution in [3.05, 3.63) is 24.0 Å². The largest absolute Gasteiger partial charge is 0.494 e. The van der Waals surface area contributed by atoms with Crippen LogP contribution in [0.1, 0.15) is 25.7 Å². The summed E-state index contributed by atoms with van der Waals surface area (Å²) in [6, 6.07) is 4.26. The van der Waals surface area contributed by atoms with Gasteiger partial charge in [0.2, 0.25) is 5.91 Å². The van der Waals surface area contributed by atoms with E-state index in [1.54, 1.807) is 11.0 Å². The fourth-order valence-corrected chi connectivity index (χ4v) is 4.25. The number of nitrogens with zero attached hydrogens (tertiary/aromatic N) is 1. The SMILES string of the molecule is COc1ccc(NC(=O)N2CC(C(=O)NC3CC3)C3(CCOCC3)C2)cc1F. The quantitative estimate of drug-likeness (QED) is 0.826.